The van der Waals surface area contributed by atoms with Crippen LogP contribution in [-0.4, -0.2) is 18.5 Å². The fourth-order valence-corrected chi connectivity index (χ4v) is 2.79. The number of rotatable bonds is 4. The first-order valence-electron chi connectivity index (χ1n) is 6.69. The predicted octanol–water partition coefficient (Wildman–Crippen LogP) is 1.81. The highest BCUT2D eigenvalue weighted by molar-refractivity contribution is 5.85. The highest BCUT2D eigenvalue weighted by Gasteiger charge is 2.48. The number of nitrogens with one attached hydrogen (secondary N) is 1. The fourth-order valence-electron chi connectivity index (χ4n) is 2.79. The summed E-state index contributed by atoms with van der Waals surface area (Å²) in [6.45, 7) is 2.66. The second-order valence-electron chi connectivity index (χ2n) is 5.64. The van der Waals surface area contributed by atoms with Gasteiger partial charge in [0.2, 0.25) is 5.91 Å². The average molecular weight is 224 g/mol. The lowest BCUT2D eigenvalue weighted by Gasteiger charge is -2.29. The van der Waals surface area contributed by atoms with Crippen LogP contribution in [0, 0.1) is 11.3 Å². The van der Waals surface area contributed by atoms with Crippen LogP contribution in [0.3, 0.4) is 0 Å². The fraction of sp³-hybridized carbons (Fsp3) is 0.923. The van der Waals surface area contributed by atoms with E-state index in [0.717, 1.165) is 12.8 Å². The number of carbonyl (C=O) groups is 1. The standard InChI is InChI=1S/C13H24N2O/c1-10(11-5-3-2-4-6-11)15-12(16)13(9-14)7-8-13/h10-11H,2-9,14H2,1H3,(H,15,16). The summed E-state index contributed by atoms with van der Waals surface area (Å²) < 4.78 is 0. The smallest absolute Gasteiger partial charge is 0.227 e. The Kier molecular flexibility index (Phi) is 3.53. The molecule has 2 aliphatic rings. The van der Waals surface area contributed by atoms with Crippen molar-refractivity contribution in [1.29, 1.82) is 0 Å². The van der Waals surface area contributed by atoms with Gasteiger partial charge >= 0.3 is 0 Å². The van der Waals surface area contributed by atoms with Crippen molar-refractivity contribution >= 4 is 5.91 Å². The number of carbonyl (C=O) groups excluding carboxylic acids is 1. The summed E-state index contributed by atoms with van der Waals surface area (Å²) in [5.41, 5.74) is 5.47. The van der Waals surface area contributed by atoms with E-state index in [-0.39, 0.29) is 11.3 Å². The van der Waals surface area contributed by atoms with E-state index in [2.05, 4.69) is 12.2 Å². The van der Waals surface area contributed by atoms with E-state index in [4.69, 9.17) is 5.73 Å². The Morgan fingerprint density at radius 3 is 2.50 bits per heavy atom. The SMILES string of the molecule is CC(NC(=O)C1(CN)CC1)C1CCCCC1. The van der Waals surface area contributed by atoms with Crippen LogP contribution in [0.2, 0.25) is 0 Å². The van der Waals surface area contributed by atoms with Gasteiger partial charge in [0, 0.05) is 12.6 Å². The summed E-state index contributed by atoms with van der Waals surface area (Å²) in [6, 6.07) is 0.330. The Balaban J connectivity index is 1.82. The van der Waals surface area contributed by atoms with E-state index < -0.39 is 0 Å². The van der Waals surface area contributed by atoms with Gasteiger partial charge in [-0.3, -0.25) is 4.79 Å². The summed E-state index contributed by atoms with van der Waals surface area (Å²) in [4.78, 5) is 12.0. The first-order valence-corrected chi connectivity index (χ1v) is 6.69. The maximum absolute atomic E-state index is 12.0. The lowest BCUT2D eigenvalue weighted by atomic mass is 9.84. The second kappa shape index (κ2) is 4.74. The van der Waals surface area contributed by atoms with Crippen LogP contribution < -0.4 is 11.1 Å². The molecule has 2 rings (SSSR count). The summed E-state index contributed by atoms with van der Waals surface area (Å²) >= 11 is 0. The lowest BCUT2D eigenvalue weighted by molar-refractivity contribution is -0.127. The molecule has 3 heteroatoms. The monoisotopic (exact) mass is 224 g/mol. The minimum Gasteiger partial charge on any atom is -0.353 e. The molecule has 0 radical (unpaired) electrons. The van der Waals surface area contributed by atoms with Crippen molar-refractivity contribution in [2.75, 3.05) is 6.54 Å². The van der Waals surface area contributed by atoms with Gasteiger partial charge in [-0.2, -0.15) is 0 Å². The largest absolute Gasteiger partial charge is 0.353 e. The minimum atomic E-state index is -0.192. The zero-order valence-electron chi connectivity index (χ0n) is 10.3. The lowest BCUT2D eigenvalue weighted by Crippen LogP contribution is -2.44. The third-order valence-electron chi connectivity index (χ3n) is 4.44. The van der Waals surface area contributed by atoms with Gasteiger partial charge in [-0.25, -0.2) is 0 Å². The summed E-state index contributed by atoms with van der Waals surface area (Å²) in [5.74, 6) is 0.888. The highest BCUT2D eigenvalue weighted by atomic mass is 16.2. The zero-order chi connectivity index (χ0) is 11.6. The molecule has 0 aromatic rings. The molecule has 2 aliphatic carbocycles. The second-order valence-corrected chi connectivity index (χ2v) is 5.64. The molecule has 3 N–H and O–H groups in total. The number of amides is 1. The molecule has 0 aromatic heterocycles. The molecule has 0 saturated heterocycles. The van der Waals surface area contributed by atoms with Crippen molar-refractivity contribution in [3.63, 3.8) is 0 Å². The van der Waals surface area contributed by atoms with Crippen LogP contribution >= 0.6 is 0 Å². The van der Waals surface area contributed by atoms with Gasteiger partial charge in [-0.05, 0) is 38.5 Å². The quantitative estimate of drug-likeness (QED) is 0.765. The summed E-state index contributed by atoms with van der Waals surface area (Å²) in [7, 11) is 0. The summed E-state index contributed by atoms with van der Waals surface area (Å²) in [5, 5.41) is 3.18. The molecule has 0 spiro atoms. The molecular formula is C13H24N2O. The van der Waals surface area contributed by atoms with Crippen molar-refractivity contribution in [2.24, 2.45) is 17.1 Å². The van der Waals surface area contributed by atoms with Crippen LogP contribution in [0.4, 0.5) is 0 Å². The van der Waals surface area contributed by atoms with Gasteiger partial charge in [-0.1, -0.05) is 19.3 Å². The maximum Gasteiger partial charge on any atom is 0.227 e. The Morgan fingerprint density at radius 2 is 2.00 bits per heavy atom. The molecular weight excluding hydrogens is 200 g/mol. The molecule has 92 valence electrons. The number of nitrogens with two attached hydrogens (primary N) is 1. The van der Waals surface area contributed by atoms with E-state index in [1.807, 2.05) is 0 Å². The molecule has 3 nitrogen and oxygen atoms in total. The van der Waals surface area contributed by atoms with Gasteiger partial charge < -0.3 is 11.1 Å². The van der Waals surface area contributed by atoms with E-state index in [1.165, 1.54) is 32.1 Å². The zero-order valence-corrected chi connectivity index (χ0v) is 10.3. The van der Waals surface area contributed by atoms with E-state index in [0.29, 0.717) is 18.5 Å². The van der Waals surface area contributed by atoms with Crippen LogP contribution in [0.5, 0.6) is 0 Å². The summed E-state index contributed by atoms with van der Waals surface area (Å²) in [6.07, 6.45) is 8.53. The average Bonchev–Trinajstić information content (AvgIpc) is 3.11. The van der Waals surface area contributed by atoms with Crippen LogP contribution in [0.15, 0.2) is 0 Å². The Labute approximate surface area is 98.2 Å². The maximum atomic E-state index is 12.0. The molecule has 16 heavy (non-hydrogen) atoms. The van der Waals surface area contributed by atoms with Crippen molar-refractivity contribution in [1.82, 2.24) is 5.32 Å². The molecule has 2 fully saturated rings. The van der Waals surface area contributed by atoms with Gasteiger partial charge in [0.25, 0.3) is 0 Å². The van der Waals surface area contributed by atoms with Crippen molar-refractivity contribution in [2.45, 2.75) is 57.9 Å². The van der Waals surface area contributed by atoms with E-state index >= 15 is 0 Å². The number of hydrogen-bond donors (Lipinski definition) is 2. The molecule has 0 heterocycles. The molecule has 1 amide bonds. The molecule has 0 aromatic carbocycles. The molecule has 0 aliphatic heterocycles. The Bertz CT molecular complexity index is 255. The minimum absolute atomic E-state index is 0.192. The normalized spacial score (nSPS) is 26.1. The van der Waals surface area contributed by atoms with E-state index in [9.17, 15) is 4.79 Å². The third kappa shape index (κ3) is 2.40. The van der Waals surface area contributed by atoms with Gasteiger partial charge in [0.1, 0.15) is 0 Å². The Morgan fingerprint density at radius 1 is 1.38 bits per heavy atom. The molecule has 1 atom stereocenters. The van der Waals surface area contributed by atoms with Gasteiger partial charge in [0.15, 0.2) is 0 Å². The van der Waals surface area contributed by atoms with Crippen LogP contribution in [0.1, 0.15) is 51.9 Å². The van der Waals surface area contributed by atoms with Crippen LogP contribution in [0.25, 0.3) is 0 Å². The molecule has 0 bridgehead atoms. The van der Waals surface area contributed by atoms with Crippen molar-refractivity contribution in [3.8, 4) is 0 Å². The van der Waals surface area contributed by atoms with Crippen LogP contribution in [-0.2, 0) is 4.79 Å². The molecule has 2 saturated carbocycles. The third-order valence-corrected chi connectivity index (χ3v) is 4.44. The van der Waals surface area contributed by atoms with Gasteiger partial charge in [-0.15, -0.1) is 0 Å². The van der Waals surface area contributed by atoms with Crippen molar-refractivity contribution in [3.05, 3.63) is 0 Å². The first kappa shape index (κ1) is 11.9. The van der Waals surface area contributed by atoms with E-state index in [1.54, 1.807) is 0 Å². The first-order chi connectivity index (χ1) is 7.68. The van der Waals surface area contributed by atoms with Crippen molar-refractivity contribution < 1.29 is 4.79 Å². The highest BCUT2D eigenvalue weighted by Crippen LogP contribution is 2.44. The molecule has 1 unspecified atom stereocenters. The predicted molar refractivity (Wildman–Crippen MR) is 64.9 cm³/mol. The van der Waals surface area contributed by atoms with Gasteiger partial charge in [0.05, 0.1) is 5.41 Å². The topological polar surface area (TPSA) is 55.1 Å². The Hall–Kier alpha value is -0.570. The number of hydrogen-bond acceptors (Lipinski definition) is 2.